The summed E-state index contributed by atoms with van der Waals surface area (Å²) in [6, 6.07) is 20.0. The summed E-state index contributed by atoms with van der Waals surface area (Å²) in [5.41, 5.74) is 1.65. The number of benzene rings is 3. The van der Waals surface area contributed by atoms with Gasteiger partial charge in [0.25, 0.3) is 5.91 Å². The minimum absolute atomic E-state index is 0.0834. The summed E-state index contributed by atoms with van der Waals surface area (Å²) in [5.74, 6) is -0.406. The van der Waals surface area contributed by atoms with Gasteiger partial charge in [-0.3, -0.25) is 9.69 Å². The van der Waals surface area contributed by atoms with Gasteiger partial charge < -0.3 is 0 Å². The molecule has 0 atom stereocenters. The van der Waals surface area contributed by atoms with Gasteiger partial charge in [0.1, 0.15) is 0 Å². The van der Waals surface area contributed by atoms with Gasteiger partial charge in [-0.2, -0.15) is 0 Å². The highest BCUT2D eigenvalue weighted by atomic mass is 32.2. The molecule has 35 heavy (non-hydrogen) atoms. The van der Waals surface area contributed by atoms with Crippen molar-refractivity contribution in [1.29, 1.82) is 0 Å². The number of anilines is 1. The molecule has 0 bridgehead atoms. The first-order valence-corrected chi connectivity index (χ1v) is 15.0. The van der Waals surface area contributed by atoms with Gasteiger partial charge in [-0.15, -0.1) is 0 Å². The maximum atomic E-state index is 13.7. The number of carbonyl (C=O) groups excluding carboxylic acids is 1. The number of hydrogen-bond donors (Lipinski definition) is 0. The minimum atomic E-state index is -3.56. The van der Waals surface area contributed by atoms with Crippen molar-refractivity contribution in [3.8, 4) is 0 Å². The Balaban J connectivity index is 1.80. The Labute approximate surface area is 208 Å². The molecular weight excluding hydrogens is 504 g/mol. The van der Waals surface area contributed by atoms with Gasteiger partial charge in [0.2, 0.25) is 0 Å². The summed E-state index contributed by atoms with van der Waals surface area (Å²) >= 11 is 1.20. The van der Waals surface area contributed by atoms with Crippen molar-refractivity contribution in [2.24, 2.45) is 0 Å². The summed E-state index contributed by atoms with van der Waals surface area (Å²) < 4.78 is 50.0. The Morgan fingerprint density at radius 2 is 1.63 bits per heavy atom. The third-order valence-corrected chi connectivity index (χ3v) is 9.77. The van der Waals surface area contributed by atoms with E-state index < -0.39 is 30.8 Å². The highest BCUT2D eigenvalue weighted by Gasteiger charge is 2.25. The van der Waals surface area contributed by atoms with Crippen LogP contribution in [0.5, 0.6) is 0 Å². The molecule has 0 aliphatic heterocycles. The van der Waals surface area contributed by atoms with Gasteiger partial charge in [0, 0.05) is 11.8 Å². The van der Waals surface area contributed by atoms with E-state index in [1.807, 2.05) is 30.3 Å². The molecule has 0 N–H and O–H groups in total. The van der Waals surface area contributed by atoms with Gasteiger partial charge in [0.05, 0.1) is 31.8 Å². The van der Waals surface area contributed by atoms with E-state index >= 15 is 0 Å². The molecule has 7 nitrogen and oxygen atoms in total. The Kier molecular flexibility index (Phi) is 6.81. The van der Waals surface area contributed by atoms with E-state index in [4.69, 9.17) is 0 Å². The van der Waals surface area contributed by atoms with Crippen LogP contribution in [0.4, 0.5) is 5.13 Å². The van der Waals surface area contributed by atoms with E-state index in [0.29, 0.717) is 15.3 Å². The Morgan fingerprint density at radius 1 is 0.914 bits per heavy atom. The number of rotatable bonds is 7. The molecular formula is C25H24N2O5S3. The van der Waals surface area contributed by atoms with E-state index in [1.165, 1.54) is 34.4 Å². The van der Waals surface area contributed by atoms with Crippen LogP contribution in [0.15, 0.2) is 82.6 Å². The van der Waals surface area contributed by atoms with E-state index in [2.05, 4.69) is 4.98 Å². The van der Waals surface area contributed by atoms with Crippen LogP contribution in [0.3, 0.4) is 0 Å². The predicted octanol–water partition coefficient (Wildman–Crippen LogP) is 4.73. The van der Waals surface area contributed by atoms with E-state index in [0.717, 1.165) is 11.8 Å². The number of fused-ring (bicyclic) bond motifs is 1. The highest BCUT2D eigenvalue weighted by Crippen LogP contribution is 2.32. The summed E-state index contributed by atoms with van der Waals surface area (Å²) in [7, 11) is -6.96. The Bertz CT molecular complexity index is 1610. The average molecular weight is 529 g/mol. The molecule has 4 aromatic rings. The van der Waals surface area contributed by atoms with Gasteiger partial charge >= 0.3 is 0 Å². The maximum Gasteiger partial charge on any atom is 0.260 e. The molecule has 182 valence electrons. The zero-order valence-corrected chi connectivity index (χ0v) is 21.8. The fourth-order valence-electron chi connectivity index (χ4n) is 3.47. The summed E-state index contributed by atoms with van der Waals surface area (Å²) in [6.07, 6.45) is 1.14. The SMILES string of the molecule is CC(C)S(=O)(=O)c1cccc(C(=O)N(Cc2ccccc2)c2nc3ccc(S(C)(=O)=O)cc3s2)c1. The normalized spacial score (nSPS) is 12.2. The lowest BCUT2D eigenvalue weighted by Gasteiger charge is -2.20. The summed E-state index contributed by atoms with van der Waals surface area (Å²) in [5, 5.41) is -0.238. The van der Waals surface area contributed by atoms with Crippen molar-refractivity contribution in [3.05, 3.63) is 83.9 Å². The average Bonchev–Trinajstić information content (AvgIpc) is 3.25. The van der Waals surface area contributed by atoms with Crippen LogP contribution >= 0.6 is 11.3 Å². The monoisotopic (exact) mass is 528 g/mol. The lowest BCUT2D eigenvalue weighted by Crippen LogP contribution is -2.30. The fraction of sp³-hybridized carbons (Fsp3) is 0.200. The molecule has 0 radical (unpaired) electrons. The zero-order valence-electron chi connectivity index (χ0n) is 19.4. The first-order valence-electron chi connectivity index (χ1n) is 10.8. The zero-order chi connectivity index (χ0) is 25.4. The number of nitrogens with zero attached hydrogens (tertiary/aromatic N) is 2. The second-order valence-corrected chi connectivity index (χ2v) is 13.9. The number of hydrogen-bond acceptors (Lipinski definition) is 7. The largest absolute Gasteiger partial charge is 0.279 e. The van der Waals surface area contributed by atoms with Crippen LogP contribution < -0.4 is 4.90 Å². The van der Waals surface area contributed by atoms with Gasteiger partial charge in [-0.05, 0) is 55.8 Å². The highest BCUT2D eigenvalue weighted by molar-refractivity contribution is 7.92. The third kappa shape index (κ3) is 5.29. The van der Waals surface area contributed by atoms with Gasteiger partial charge in [0.15, 0.2) is 24.8 Å². The van der Waals surface area contributed by atoms with Crippen molar-refractivity contribution in [1.82, 2.24) is 4.98 Å². The van der Waals surface area contributed by atoms with Gasteiger partial charge in [-0.1, -0.05) is 47.7 Å². The number of aromatic nitrogens is 1. The van der Waals surface area contributed by atoms with Gasteiger partial charge in [-0.25, -0.2) is 21.8 Å². The number of sulfone groups is 2. The molecule has 10 heteroatoms. The van der Waals surface area contributed by atoms with Crippen molar-refractivity contribution < 1.29 is 21.6 Å². The lowest BCUT2D eigenvalue weighted by molar-refractivity contribution is 0.0985. The maximum absolute atomic E-state index is 13.7. The number of thiazole rings is 1. The van der Waals surface area contributed by atoms with Crippen LogP contribution in [0.1, 0.15) is 29.8 Å². The first kappa shape index (κ1) is 25.0. The molecule has 0 aliphatic rings. The molecule has 3 aromatic carbocycles. The second kappa shape index (κ2) is 9.52. The summed E-state index contributed by atoms with van der Waals surface area (Å²) in [4.78, 5) is 20.0. The van der Waals surface area contributed by atoms with E-state index in [-0.39, 0.29) is 21.9 Å². The Hall–Kier alpha value is -3.08. The van der Waals surface area contributed by atoms with Crippen molar-refractivity contribution in [2.75, 3.05) is 11.2 Å². The van der Waals surface area contributed by atoms with Crippen molar-refractivity contribution in [2.45, 2.75) is 35.4 Å². The van der Waals surface area contributed by atoms with Crippen LogP contribution in [0.25, 0.3) is 10.2 Å². The van der Waals surface area contributed by atoms with Crippen molar-refractivity contribution >= 4 is 52.3 Å². The molecule has 1 heterocycles. The molecule has 0 saturated heterocycles. The molecule has 0 fully saturated rings. The van der Waals surface area contributed by atoms with E-state index in [1.54, 1.807) is 38.1 Å². The first-order chi connectivity index (χ1) is 16.5. The van der Waals surface area contributed by atoms with Crippen LogP contribution in [-0.4, -0.2) is 39.2 Å². The molecule has 0 saturated carbocycles. The smallest absolute Gasteiger partial charge is 0.260 e. The molecule has 1 amide bonds. The van der Waals surface area contributed by atoms with Crippen molar-refractivity contribution in [3.63, 3.8) is 0 Å². The predicted molar refractivity (Wildman–Crippen MR) is 138 cm³/mol. The fourth-order valence-corrected chi connectivity index (χ4v) is 6.29. The number of carbonyl (C=O) groups is 1. The molecule has 0 aliphatic carbocycles. The van der Waals surface area contributed by atoms with E-state index in [9.17, 15) is 21.6 Å². The minimum Gasteiger partial charge on any atom is -0.279 e. The third-order valence-electron chi connectivity index (χ3n) is 5.47. The number of amides is 1. The standard InChI is InChI=1S/C25H24N2O5S3/c1-17(2)35(31,32)21-11-7-10-19(14-21)24(28)27(16-18-8-5-4-6-9-18)25-26-22-13-12-20(34(3,29)30)15-23(22)33-25/h4-15,17H,16H2,1-3H3. The molecule has 1 aromatic heterocycles. The lowest BCUT2D eigenvalue weighted by atomic mass is 10.1. The second-order valence-electron chi connectivity index (χ2n) is 8.40. The molecule has 0 spiro atoms. The van der Waals surface area contributed by atoms with Crippen LogP contribution in [0, 0.1) is 0 Å². The molecule has 0 unspecified atom stereocenters. The topological polar surface area (TPSA) is 101 Å². The Morgan fingerprint density at radius 3 is 2.29 bits per heavy atom. The summed E-state index contributed by atoms with van der Waals surface area (Å²) in [6.45, 7) is 3.40. The van der Waals surface area contributed by atoms with Crippen LogP contribution in [0.2, 0.25) is 0 Å². The quantitative estimate of drug-likeness (QED) is 0.344. The molecule has 4 rings (SSSR count). The van der Waals surface area contributed by atoms with Crippen LogP contribution in [-0.2, 0) is 26.2 Å².